The second-order valence-electron chi connectivity index (χ2n) is 3.01. The molecule has 1 heterocycles. The topological polar surface area (TPSA) is 117 Å². The predicted octanol–water partition coefficient (Wildman–Crippen LogP) is 0.0298. The molecule has 1 rings (SSSR count). The van der Waals surface area contributed by atoms with Gasteiger partial charge in [0.1, 0.15) is 17.9 Å². The summed E-state index contributed by atoms with van der Waals surface area (Å²) in [6.07, 6.45) is -2.06. The van der Waals surface area contributed by atoms with Gasteiger partial charge in [-0.25, -0.2) is 4.98 Å². The molecule has 0 aliphatic rings. The molecule has 16 heavy (non-hydrogen) atoms. The van der Waals surface area contributed by atoms with Gasteiger partial charge in [0, 0.05) is 12.3 Å². The third kappa shape index (κ3) is 2.64. The van der Waals surface area contributed by atoms with Crippen LogP contribution in [0.25, 0.3) is 0 Å². The molecule has 0 saturated heterocycles. The first kappa shape index (κ1) is 12.8. The smallest absolute Gasteiger partial charge is 0.295 e. The molecule has 0 amide bonds. The zero-order valence-electron chi connectivity index (χ0n) is 7.95. The van der Waals surface area contributed by atoms with E-state index in [4.69, 9.17) is 21.8 Å². The van der Waals surface area contributed by atoms with Gasteiger partial charge >= 0.3 is 0 Å². The average molecular weight is 249 g/mol. The first-order valence-electron chi connectivity index (χ1n) is 4.24. The van der Waals surface area contributed by atoms with E-state index in [0.717, 1.165) is 12.3 Å². The third-order valence-electron chi connectivity index (χ3n) is 1.89. The van der Waals surface area contributed by atoms with Crippen LogP contribution < -0.4 is 0 Å². The van der Waals surface area contributed by atoms with Crippen molar-refractivity contribution in [1.82, 2.24) is 4.98 Å². The summed E-state index contributed by atoms with van der Waals surface area (Å²) in [4.78, 5) is 13.4. The maximum atomic E-state index is 10.6. The fourth-order valence-corrected chi connectivity index (χ4v) is 1.25. The van der Waals surface area contributed by atoms with E-state index in [1.807, 2.05) is 0 Å². The van der Waals surface area contributed by atoms with E-state index in [1.54, 1.807) is 0 Å². The molecule has 0 spiro atoms. The van der Waals surface area contributed by atoms with Crippen molar-refractivity contribution in [2.24, 2.45) is 0 Å². The first-order valence-corrected chi connectivity index (χ1v) is 4.62. The van der Waals surface area contributed by atoms with Gasteiger partial charge in [0.2, 0.25) is 0 Å². The van der Waals surface area contributed by atoms with Crippen molar-refractivity contribution in [3.05, 3.63) is 33.1 Å². The van der Waals surface area contributed by atoms with E-state index >= 15 is 0 Å². The maximum Gasteiger partial charge on any atom is 0.295 e. The molecule has 0 aromatic carbocycles. The molecule has 88 valence electrons. The Balaban J connectivity index is 3.17. The fraction of sp³-hybridized carbons (Fsp3) is 0.375. The SMILES string of the molecule is O=[N+]([O-])c1cc(Cl)cnc1C(O)C(O)CO. The number of rotatable bonds is 4. The van der Waals surface area contributed by atoms with Crippen molar-refractivity contribution in [3.63, 3.8) is 0 Å². The Morgan fingerprint density at radius 2 is 2.19 bits per heavy atom. The Morgan fingerprint density at radius 3 is 2.69 bits per heavy atom. The van der Waals surface area contributed by atoms with Crippen LogP contribution >= 0.6 is 11.6 Å². The first-order chi connectivity index (χ1) is 7.47. The van der Waals surface area contributed by atoms with Crippen LogP contribution in [0.5, 0.6) is 0 Å². The van der Waals surface area contributed by atoms with Crippen molar-refractivity contribution >= 4 is 17.3 Å². The second kappa shape index (κ2) is 5.17. The van der Waals surface area contributed by atoms with E-state index in [1.165, 1.54) is 0 Å². The van der Waals surface area contributed by atoms with Gasteiger partial charge in [0.15, 0.2) is 0 Å². The summed E-state index contributed by atoms with van der Waals surface area (Å²) in [5.74, 6) is 0. The zero-order chi connectivity index (χ0) is 12.3. The van der Waals surface area contributed by atoms with Gasteiger partial charge in [0.05, 0.1) is 16.6 Å². The van der Waals surface area contributed by atoms with Crippen molar-refractivity contribution in [3.8, 4) is 0 Å². The number of nitrogens with zero attached hydrogens (tertiary/aromatic N) is 2. The lowest BCUT2D eigenvalue weighted by Crippen LogP contribution is -2.23. The minimum Gasteiger partial charge on any atom is -0.394 e. The molecule has 0 bridgehead atoms. The molecule has 0 aliphatic carbocycles. The largest absolute Gasteiger partial charge is 0.394 e. The molecule has 0 radical (unpaired) electrons. The molecule has 1 aromatic heterocycles. The van der Waals surface area contributed by atoms with Crippen LogP contribution in [0.1, 0.15) is 11.8 Å². The molecular formula is C8H9ClN2O5. The quantitative estimate of drug-likeness (QED) is 0.511. The minimum absolute atomic E-state index is 0.0427. The standard InChI is InChI=1S/C8H9ClN2O5/c9-4-1-5(11(15)16)7(10-2-4)8(14)6(13)3-12/h1-2,6,8,12-14H,3H2. The molecule has 0 fully saturated rings. The summed E-state index contributed by atoms with van der Waals surface area (Å²) in [7, 11) is 0. The lowest BCUT2D eigenvalue weighted by atomic mass is 10.1. The molecule has 3 N–H and O–H groups in total. The highest BCUT2D eigenvalue weighted by molar-refractivity contribution is 6.30. The molecule has 8 heteroatoms. The normalized spacial score (nSPS) is 14.5. The van der Waals surface area contributed by atoms with Gasteiger partial charge in [0.25, 0.3) is 5.69 Å². The highest BCUT2D eigenvalue weighted by atomic mass is 35.5. The summed E-state index contributed by atoms with van der Waals surface area (Å²) in [5.41, 5.74) is -0.844. The van der Waals surface area contributed by atoms with Crippen molar-refractivity contribution in [2.75, 3.05) is 6.61 Å². The molecule has 2 atom stereocenters. The van der Waals surface area contributed by atoms with Crippen LogP contribution in [0.15, 0.2) is 12.3 Å². The maximum absolute atomic E-state index is 10.6. The Kier molecular flexibility index (Phi) is 4.13. The Hall–Kier alpha value is -1.28. The Bertz CT molecular complexity index is 400. The third-order valence-corrected chi connectivity index (χ3v) is 2.10. The molecular weight excluding hydrogens is 240 g/mol. The van der Waals surface area contributed by atoms with Crippen molar-refractivity contribution in [2.45, 2.75) is 12.2 Å². The van der Waals surface area contributed by atoms with Gasteiger partial charge in [-0.2, -0.15) is 0 Å². The van der Waals surface area contributed by atoms with E-state index in [0.29, 0.717) is 0 Å². The van der Waals surface area contributed by atoms with Gasteiger partial charge in [-0.1, -0.05) is 11.6 Å². The van der Waals surface area contributed by atoms with E-state index in [9.17, 15) is 15.2 Å². The van der Waals surface area contributed by atoms with Crippen LogP contribution in [0.4, 0.5) is 5.69 Å². The lowest BCUT2D eigenvalue weighted by molar-refractivity contribution is -0.386. The van der Waals surface area contributed by atoms with Gasteiger partial charge < -0.3 is 15.3 Å². The van der Waals surface area contributed by atoms with E-state index in [2.05, 4.69) is 4.98 Å². The monoisotopic (exact) mass is 248 g/mol. The molecule has 2 unspecified atom stereocenters. The van der Waals surface area contributed by atoms with Crippen molar-refractivity contribution in [1.29, 1.82) is 0 Å². The predicted molar refractivity (Wildman–Crippen MR) is 54.0 cm³/mol. The number of aromatic nitrogens is 1. The van der Waals surface area contributed by atoms with E-state index < -0.39 is 29.4 Å². The number of hydrogen-bond acceptors (Lipinski definition) is 6. The summed E-state index contributed by atoms with van der Waals surface area (Å²) in [5, 5.41) is 38.0. The summed E-state index contributed by atoms with van der Waals surface area (Å²) < 4.78 is 0. The highest BCUT2D eigenvalue weighted by Crippen LogP contribution is 2.27. The number of nitro groups is 1. The van der Waals surface area contributed by atoms with Crippen LogP contribution in [0.2, 0.25) is 5.02 Å². The van der Waals surface area contributed by atoms with Crippen LogP contribution in [0.3, 0.4) is 0 Å². The molecule has 7 nitrogen and oxygen atoms in total. The highest BCUT2D eigenvalue weighted by Gasteiger charge is 2.27. The van der Waals surface area contributed by atoms with Crippen LogP contribution in [-0.4, -0.2) is 37.9 Å². The van der Waals surface area contributed by atoms with Crippen LogP contribution in [-0.2, 0) is 0 Å². The number of hydrogen-bond donors (Lipinski definition) is 3. The molecule has 1 aromatic rings. The van der Waals surface area contributed by atoms with Gasteiger partial charge in [-0.3, -0.25) is 10.1 Å². The number of pyridine rings is 1. The molecule has 0 saturated carbocycles. The van der Waals surface area contributed by atoms with Gasteiger partial charge in [-0.05, 0) is 0 Å². The van der Waals surface area contributed by atoms with Crippen LogP contribution in [0, 0.1) is 10.1 Å². The Labute approximate surface area is 95.1 Å². The minimum atomic E-state index is -1.64. The fourth-order valence-electron chi connectivity index (χ4n) is 1.10. The average Bonchev–Trinajstić information content (AvgIpc) is 2.26. The second-order valence-corrected chi connectivity index (χ2v) is 3.45. The van der Waals surface area contributed by atoms with Crippen molar-refractivity contribution < 1.29 is 20.2 Å². The Morgan fingerprint density at radius 1 is 1.56 bits per heavy atom. The number of aliphatic hydroxyl groups excluding tert-OH is 3. The molecule has 0 aliphatic heterocycles. The summed E-state index contributed by atoms with van der Waals surface area (Å²) in [6.45, 7) is -0.734. The lowest BCUT2D eigenvalue weighted by Gasteiger charge is -2.14. The van der Waals surface area contributed by atoms with Gasteiger partial charge in [-0.15, -0.1) is 0 Å². The summed E-state index contributed by atoms with van der Waals surface area (Å²) >= 11 is 5.52. The number of aliphatic hydroxyl groups is 3. The summed E-state index contributed by atoms with van der Waals surface area (Å²) in [6, 6.07) is 1.01. The number of halogens is 1. The van der Waals surface area contributed by atoms with E-state index in [-0.39, 0.29) is 10.7 Å². The zero-order valence-corrected chi connectivity index (χ0v) is 8.70.